The van der Waals surface area contributed by atoms with Crippen molar-refractivity contribution >= 4 is 29.1 Å². The van der Waals surface area contributed by atoms with Crippen LogP contribution in [0.2, 0.25) is 10.0 Å². The van der Waals surface area contributed by atoms with Gasteiger partial charge in [0.15, 0.2) is 0 Å². The zero-order valence-electron chi connectivity index (χ0n) is 18.1. The second-order valence-electron chi connectivity index (χ2n) is 9.56. The van der Waals surface area contributed by atoms with Crippen molar-refractivity contribution in [1.29, 1.82) is 0 Å². The molecule has 2 aromatic carbocycles. The number of aliphatic hydroxyl groups is 1. The standard InChI is InChI=1S/C26H28Cl2FNO2/c1-3-11-25(2)14-17(23(30-24(25)31)16-7-10-21(28)22(29)12-16)15-26(32,18-8-9-18)19-5-4-6-20(27)13-19/h3-7,10,12-13,17-18,23,32H,1,8-9,11,14-15H2,2H3,(H,30,31)/t17-,23-,25+,26+/m1/s1. The van der Waals surface area contributed by atoms with Gasteiger partial charge in [-0.2, -0.15) is 0 Å². The second kappa shape index (κ2) is 8.81. The van der Waals surface area contributed by atoms with E-state index in [4.69, 9.17) is 23.2 Å². The summed E-state index contributed by atoms with van der Waals surface area (Å²) in [5.74, 6) is -0.606. The smallest absolute Gasteiger partial charge is 0.226 e. The first kappa shape index (κ1) is 23.3. The summed E-state index contributed by atoms with van der Waals surface area (Å²) in [6, 6.07) is 11.6. The lowest BCUT2D eigenvalue weighted by atomic mass is 9.66. The number of nitrogens with one attached hydrogen (secondary N) is 1. The van der Waals surface area contributed by atoms with Crippen LogP contribution < -0.4 is 5.32 Å². The predicted molar refractivity (Wildman–Crippen MR) is 126 cm³/mol. The Balaban J connectivity index is 1.74. The van der Waals surface area contributed by atoms with Gasteiger partial charge in [-0.25, -0.2) is 4.39 Å². The Bertz CT molecular complexity index is 1040. The van der Waals surface area contributed by atoms with Crippen molar-refractivity contribution in [2.24, 2.45) is 17.3 Å². The number of carbonyl (C=O) groups is 1. The van der Waals surface area contributed by atoms with E-state index in [2.05, 4.69) is 11.9 Å². The highest BCUT2D eigenvalue weighted by Gasteiger charge is 2.51. The molecule has 32 heavy (non-hydrogen) atoms. The van der Waals surface area contributed by atoms with Gasteiger partial charge < -0.3 is 10.4 Å². The van der Waals surface area contributed by atoms with Gasteiger partial charge in [0.05, 0.1) is 22.1 Å². The van der Waals surface area contributed by atoms with Crippen LogP contribution in [0.25, 0.3) is 0 Å². The van der Waals surface area contributed by atoms with E-state index in [1.807, 2.05) is 25.1 Å². The van der Waals surface area contributed by atoms with Crippen molar-refractivity contribution in [2.45, 2.75) is 50.7 Å². The number of hydrogen-bond acceptors (Lipinski definition) is 2. The number of piperidine rings is 1. The van der Waals surface area contributed by atoms with Gasteiger partial charge in [0, 0.05) is 5.02 Å². The van der Waals surface area contributed by atoms with Crippen LogP contribution in [0.1, 0.15) is 56.2 Å². The van der Waals surface area contributed by atoms with E-state index in [0.29, 0.717) is 29.8 Å². The molecule has 2 N–H and O–H groups in total. The van der Waals surface area contributed by atoms with E-state index in [9.17, 15) is 14.3 Å². The molecule has 1 amide bonds. The third kappa shape index (κ3) is 4.46. The zero-order valence-corrected chi connectivity index (χ0v) is 19.6. The van der Waals surface area contributed by atoms with Crippen molar-refractivity contribution in [3.05, 3.63) is 82.1 Å². The van der Waals surface area contributed by atoms with Crippen LogP contribution in [-0.2, 0) is 10.4 Å². The molecule has 0 aromatic heterocycles. The first-order chi connectivity index (χ1) is 15.2. The van der Waals surface area contributed by atoms with E-state index >= 15 is 0 Å². The molecule has 1 saturated carbocycles. The Kier molecular flexibility index (Phi) is 6.41. The fraction of sp³-hybridized carbons (Fsp3) is 0.423. The molecule has 0 radical (unpaired) electrons. The number of allylic oxidation sites excluding steroid dienone is 1. The van der Waals surface area contributed by atoms with Crippen molar-refractivity contribution in [1.82, 2.24) is 5.32 Å². The normalized spacial score (nSPS) is 27.5. The summed E-state index contributed by atoms with van der Waals surface area (Å²) in [5.41, 5.74) is -0.284. The van der Waals surface area contributed by atoms with E-state index < -0.39 is 22.9 Å². The molecular weight excluding hydrogens is 448 g/mol. The van der Waals surface area contributed by atoms with Gasteiger partial charge >= 0.3 is 0 Å². The number of benzene rings is 2. The molecule has 0 spiro atoms. The van der Waals surface area contributed by atoms with Crippen LogP contribution in [0.5, 0.6) is 0 Å². The molecule has 1 aliphatic heterocycles. The van der Waals surface area contributed by atoms with Crippen LogP contribution in [0.3, 0.4) is 0 Å². The first-order valence-electron chi connectivity index (χ1n) is 11.0. The molecule has 4 atom stereocenters. The highest BCUT2D eigenvalue weighted by molar-refractivity contribution is 6.31. The van der Waals surface area contributed by atoms with E-state index in [1.165, 1.54) is 12.1 Å². The Labute approximate surface area is 198 Å². The van der Waals surface area contributed by atoms with Crippen LogP contribution in [0.4, 0.5) is 4.39 Å². The highest BCUT2D eigenvalue weighted by atomic mass is 35.5. The lowest BCUT2D eigenvalue weighted by Crippen LogP contribution is -2.51. The number of rotatable bonds is 7. The number of hydrogen-bond donors (Lipinski definition) is 2. The summed E-state index contributed by atoms with van der Waals surface area (Å²) in [4.78, 5) is 13.1. The lowest BCUT2D eigenvalue weighted by molar-refractivity contribution is -0.137. The third-order valence-electron chi connectivity index (χ3n) is 7.07. The minimum atomic E-state index is -1.07. The zero-order chi connectivity index (χ0) is 23.1. The molecule has 4 rings (SSSR count). The van der Waals surface area contributed by atoms with Gasteiger partial charge in [0.2, 0.25) is 5.91 Å². The van der Waals surface area contributed by atoms with Crippen molar-refractivity contribution < 1.29 is 14.3 Å². The maximum Gasteiger partial charge on any atom is 0.226 e. The number of amides is 1. The Morgan fingerprint density at radius 2 is 2.03 bits per heavy atom. The number of halogens is 3. The summed E-state index contributed by atoms with van der Waals surface area (Å²) in [7, 11) is 0. The lowest BCUT2D eigenvalue weighted by Gasteiger charge is -2.45. The van der Waals surface area contributed by atoms with Crippen molar-refractivity contribution in [3.8, 4) is 0 Å². The van der Waals surface area contributed by atoms with Crippen molar-refractivity contribution in [3.63, 3.8) is 0 Å². The molecule has 1 saturated heterocycles. The minimum Gasteiger partial charge on any atom is -0.385 e. The molecule has 2 aromatic rings. The number of carbonyl (C=O) groups excluding carboxylic acids is 1. The summed E-state index contributed by atoms with van der Waals surface area (Å²) < 4.78 is 14.3. The summed E-state index contributed by atoms with van der Waals surface area (Å²) in [6.45, 7) is 5.74. The van der Waals surface area contributed by atoms with Crippen LogP contribution in [0.15, 0.2) is 55.1 Å². The Morgan fingerprint density at radius 3 is 2.66 bits per heavy atom. The van der Waals surface area contributed by atoms with Crippen LogP contribution in [0, 0.1) is 23.1 Å². The molecule has 0 unspecified atom stereocenters. The largest absolute Gasteiger partial charge is 0.385 e. The van der Waals surface area contributed by atoms with E-state index in [0.717, 1.165) is 18.4 Å². The third-order valence-corrected chi connectivity index (χ3v) is 7.61. The summed E-state index contributed by atoms with van der Waals surface area (Å²) in [5, 5.41) is 15.7. The maximum absolute atomic E-state index is 14.3. The molecule has 1 aliphatic carbocycles. The fourth-order valence-corrected chi connectivity index (χ4v) is 5.51. The van der Waals surface area contributed by atoms with Gasteiger partial charge in [-0.3, -0.25) is 4.79 Å². The SMILES string of the molecule is C=CC[C@@]1(C)C[C@H](C[C@@](O)(c2cccc(Cl)c2)C2CC2)[C@@H](c2ccc(Cl)c(F)c2)NC1=O. The van der Waals surface area contributed by atoms with Crippen LogP contribution >= 0.6 is 23.2 Å². The van der Waals surface area contributed by atoms with Gasteiger partial charge in [-0.05, 0) is 79.3 Å². The van der Waals surface area contributed by atoms with Gasteiger partial charge in [-0.15, -0.1) is 6.58 Å². The summed E-state index contributed by atoms with van der Waals surface area (Å²) in [6.07, 6.45) is 5.13. The molecular formula is C26H28Cl2FNO2. The molecule has 170 valence electrons. The molecule has 1 heterocycles. The fourth-order valence-electron chi connectivity index (χ4n) is 5.21. The average Bonchev–Trinajstić information content (AvgIpc) is 3.59. The van der Waals surface area contributed by atoms with Crippen LogP contribution in [-0.4, -0.2) is 11.0 Å². The predicted octanol–water partition coefficient (Wildman–Crippen LogP) is 6.58. The molecule has 2 fully saturated rings. The van der Waals surface area contributed by atoms with Gasteiger partial charge in [0.25, 0.3) is 0 Å². The molecule has 0 bridgehead atoms. The molecule has 3 nitrogen and oxygen atoms in total. The average molecular weight is 476 g/mol. The minimum absolute atomic E-state index is 0.0392. The monoisotopic (exact) mass is 475 g/mol. The van der Waals surface area contributed by atoms with E-state index in [1.54, 1.807) is 18.2 Å². The second-order valence-corrected chi connectivity index (χ2v) is 10.4. The highest BCUT2D eigenvalue weighted by Crippen LogP contribution is 2.53. The molecule has 6 heteroatoms. The topological polar surface area (TPSA) is 49.3 Å². The van der Waals surface area contributed by atoms with Crippen molar-refractivity contribution in [2.75, 3.05) is 0 Å². The maximum atomic E-state index is 14.3. The quantitative estimate of drug-likeness (QED) is 0.444. The summed E-state index contributed by atoms with van der Waals surface area (Å²) >= 11 is 12.1. The van der Waals surface area contributed by atoms with E-state index in [-0.39, 0.29) is 22.8 Å². The Morgan fingerprint density at radius 1 is 1.28 bits per heavy atom. The molecule has 2 aliphatic rings. The van der Waals surface area contributed by atoms with Gasteiger partial charge in [0.1, 0.15) is 5.82 Å². The first-order valence-corrected chi connectivity index (χ1v) is 11.8. The van der Waals surface area contributed by atoms with Gasteiger partial charge in [-0.1, -0.05) is 54.4 Å². The Hall–Kier alpha value is -1.88.